The first-order valence-electron chi connectivity index (χ1n) is 4.50. The quantitative estimate of drug-likeness (QED) is 0.735. The Morgan fingerprint density at radius 2 is 2.42 bits per heavy atom. The van der Waals surface area contributed by atoms with Crippen LogP contribution in [-0.2, 0) is 6.54 Å². The summed E-state index contributed by atoms with van der Waals surface area (Å²) in [5.41, 5.74) is 6.77. The molecule has 12 heavy (non-hydrogen) atoms. The summed E-state index contributed by atoms with van der Waals surface area (Å²) >= 11 is 0. The fraction of sp³-hybridized carbons (Fsp3) is 0.667. The molecular weight excluding hydrogens is 150 g/mol. The maximum Gasteiger partial charge on any atom is 0.0524 e. The zero-order chi connectivity index (χ0) is 8.97. The SMILES string of the molecule is CCn1cc(C(C)CCN)cn1. The van der Waals surface area contributed by atoms with Gasteiger partial charge in [0.15, 0.2) is 0 Å². The summed E-state index contributed by atoms with van der Waals surface area (Å²) in [6.07, 6.45) is 5.07. The van der Waals surface area contributed by atoms with Crippen LogP contribution < -0.4 is 5.73 Å². The Hall–Kier alpha value is -0.830. The molecule has 2 N–H and O–H groups in total. The lowest BCUT2D eigenvalue weighted by Gasteiger charge is -2.05. The number of aromatic nitrogens is 2. The van der Waals surface area contributed by atoms with Crippen LogP contribution in [0.3, 0.4) is 0 Å². The van der Waals surface area contributed by atoms with E-state index < -0.39 is 0 Å². The van der Waals surface area contributed by atoms with Gasteiger partial charge in [-0.2, -0.15) is 5.10 Å². The molecule has 0 bridgehead atoms. The lowest BCUT2D eigenvalue weighted by atomic mass is 10.0. The highest BCUT2D eigenvalue weighted by atomic mass is 15.3. The van der Waals surface area contributed by atoms with Gasteiger partial charge in [-0.15, -0.1) is 0 Å². The van der Waals surface area contributed by atoms with Gasteiger partial charge in [-0.3, -0.25) is 4.68 Å². The van der Waals surface area contributed by atoms with Gasteiger partial charge < -0.3 is 5.73 Å². The molecule has 1 rings (SSSR count). The second kappa shape index (κ2) is 4.26. The van der Waals surface area contributed by atoms with Gasteiger partial charge in [-0.05, 0) is 31.4 Å². The number of hydrogen-bond acceptors (Lipinski definition) is 2. The summed E-state index contributed by atoms with van der Waals surface area (Å²) in [5.74, 6) is 0.537. The smallest absolute Gasteiger partial charge is 0.0524 e. The molecule has 0 saturated carbocycles. The van der Waals surface area contributed by atoms with E-state index in [-0.39, 0.29) is 0 Å². The topological polar surface area (TPSA) is 43.8 Å². The molecule has 3 nitrogen and oxygen atoms in total. The second-order valence-electron chi connectivity index (χ2n) is 3.11. The summed E-state index contributed by atoms with van der Waals surface area (Å²) in [7, 11) is 0. The number of nitrogens with two attached hydrogens (primary N) is 1. The highest BCUT2D eigenvalue weighted by Crippen LogP contribution is 2.16. The Bertz CT molecular complexity index is 229. The van der Waals surface area contributed by atoms with Crippen LogP contribution in [0, 0.1) is 0 Å². The maximum atomic E-state index is 5.48. The minimum Gasteiger partial charge on any atom is -0.330 e. The Balaban J connectivity index is 2.61. The van der Waals surface area contributed by atoms with Crippen molar-refractivity contribution in [1.82, 2.24) is 9.78 Å². The van der Waals surface area contributed by atoms with Crippen LogP contribution >= 0.6 is 0 Å². The molecule has 1 unspecified atom stereocenters. The normalized spacial score (nSPS) is 13.2. The monoisotopic (exact) mass is 167 g/mol. The van der Waals surface area contributed by atoms with Crippen molar-refractivity contribution in [2.24, 2.45) is 5.73 Å². The number of aryl methyl sites for hydroxylation is 1. The van der Waals surface area contributed by atoms with Gasteiger partial charge >= 0.3 is 0 Å². The molecule has 0 aliphatic rings. The van der Waals surface area contributed by atoms with Gasteiger partial charge in [0.2, 0.25) is 0 Å². The van der Waals surface area contributed by atoms with Crippen molar-refractivity contribution in [1.29, 1.82) is 0 Å². The molecule has 68 valence electrons. The first-order valence-corrected chi connectivity index (χ1v) is 4.50. The van der Waals surface area contributed by atoms with Crippen molar-refractivity contribution in [2.75, 3.05) is 6.54 Å². The van der Waals surface area contributed by atoms with E-state index in [2.05, 4.69) is 25.1 Å². The number of hydrogen-bond donors (Lipinski definition) is 1. The number of rotatable bonds is 4. The van der Waals surface area contributed by atoms with E-state index in [0.29, 0.717) is 5.92 Å². The molecule has 0 aromatic carbocycles. The molecule has 0 fully saturated rings. The third kappa shape index (κ3) is 2.08. The number of nitrogens with zero attached hydrogens (tertiary/aromatic N) is 2. The largest absolute Gasteiger partial charge is 0.330 e. The standard InChI is InChI=1S/C9H17N3/c1-3-12-7-9(6-11-12)8(2)4-5-10/h6-8H,3-5,10H2,1-2H3. The third-order valence-corrected chi connectivity index (χ3v) is 2.15. The van der Waals surface area contributed by atoms with Crippen molar-refractivity contribution in [3.63, 3.8) is 0 Å². The van der Waals surface area contributed by atoms with E-state index in [9.17, 15) is 0 Å². The zero-order valence-electron chi connectivity index (χ0n) is 7.83. The molecular formula is C9H17N3. The van der Waals surface area contributed by atoms with E-state index >= 15 is 0 Å². The minimum atomic E-state index is 0.537. The molecule has 0 radical (unpaired) electrons. The molecule has 1 aromatic heterocycles. The van der Waals surface area contributed by atoms with Crippen LogP contribution in [0.25, 0.3) is 0 Å². The van der Waals surface area contributed by atoms with E-state index in [1.165, 1.54) is 5.56 Å². The van der Waals surface area contributed by atoms with Crippen molar-refractivity contribution in [3.05, 3.63) is 18.0 Å². The van der Waals surface area contributed by atoms with Gasteiger partial charge in [-0.25, -0.2) is 0 Å². The molecule has 0 aliphatic heterocycles. The zero-order valence-corrected chi connectivity index (χ0v) is 7.83. The van der Waals surface area contributed by atoms with Gasteiger partial charge in [-0.1, -0.05) is 6.92 Å². The Morgan fingerprint density at radius 1 is 1.67 bits per heavy atom. The Kier molecular flexibility index (Phi) is 3.29. The average molecular weight is 167 g/mol. The van der Waals surface area contributed by atoms with Crippen LogP contribution in [0.1, 0.15) is 31.7 Å². The van der Waals surface area contributed by atoms with E-state index in [4.69, 9.17) is 5.73 Å². The van der Waals surface area contributed by atoms with Crippen molar-refractivity contribution < 1.29 is 0 Å². The fourth-order valence-electron chi connectivity index (χ4n) is 1.22. The van der Waals surface area contributed by atoms with Crippen LogP contribution in [0.2, 0.25) is 0 Å². The highest BCUT2D eigenvalue weighted by Gasteiger charge is 2.05. The van der Waals surface area contributed by atoms with Gasteiger partial charge in [0.25, 0.3) is 0 Å². The summed E-state index contributed by atoms with van der Waals surface area (Å²) in [6.45, 7) is 5.96. The molecule has 3 heteroatoms. The molecule has 1 aromatic rings. The summed E-state index contributed by atoms with van der Waals surface area (Å²) in [6, 6.07) is 0. The molecule has 0 spiro atoms. The van der Waals surface area contributed by atoms with Gasteiger partial charge in [0.1, 0.15) is 0 Å². The van der Waals surface area contributed by atoms with Crippen molar-refractivity contribution >= 4 is 0 Å². The minimum absolute atomic E-state index is 0.537. The van der Waals surface area contributed by atoms with E-state index in [0.717, 1.165) is 19.5 Å². The average Bonchev–Trinajstić information content (AvgIpc) is 2.52. The highest BCUT2D eigenvalue weighted by molar-refractivity contribution is 5.09. The van der Waals surface area contributed by atoms with Crippen LogP contribution in [0.15, 0.2) is 12.4 Å². The van der Waals surface area contributed by atoms with Gasteiger partial charge in [0, 0.05) is 12.7 Å². The third-order valence-electron chi connectivity index (χ3n) is 2.15. The summed E-state index contributed by atoms with van der Waals surface area (Å²) < 4.78 is 1.95. The van der Waals surface area contributed by atoms with Crippen molar-refractivity contribution in [2.45, 2.75) is 32.7 Å². The Labute approximate surface area is 73.6 Å². The molecule has 0 saturated heterocycles. The molecule has 0 aliphatic carbocycles. The van der Waals surface area contributed by atoms with E-state index in [1.807, 2.05) is 10.9 Å². The lowest BCUT2D eigenvalue weighted by molar-refractivity contribution is 0.653. The van der Waals surface area contributed by atoms with Crippen LogP contribution in [0.4, 0.5) is 0 Å². The van der Waals surface area contributed by atoms with Crippen LogP contribution in [-0.4, -0.2) is 16.3 Å². The first-order chi connectivity index (χ1) is 5.77. The molecule has 1 heterocycles. The molecule has 0 amide bonds. The Morgan fingerprint density at radius 3 is 2.92 bits per heavy atom. The van der Waals surface area contributed by atoms with Crippen LogP contribution in [0.5, 0.6) is 0 Å². The maximum absolute atomic E-state index is 5.48. The molecule has 1 atom stereocenters. The summed E-state index contributed by atoms with van der Waals surface area (Å²) in [5, 5.41) is 4.21. The summed E-state index contributed by atoms with van der Waals surface area (Å²) in [4.78, 5) is 0. The van der Waals surface area contributed by atoms with E-state index in [1.54, 1.807) is 0 Å². The predicted octanol–water partition coefficient (Wildman–Crippen LogP) is 1.36. The predicted molar refractivity (Wildman–Crippen MR) is 50.0 cm³/mol. The first kappa shape index (κ1) is 9.26. The van der Waals surface area contributed by atoms with Gasteiger partial charge in [0.05, 0.1) is 6.20 Å². The lowest BCUT2D eigenvalue weighted by Crippen LogP contribution is -2.03. The van der Waals surface area contributed by atoms with Crippen molar-refractivity contribution in [3.8, 4) is 0 Å². The fourth-order valence-corrected chi connectivity index (χ4v) is 1.22. The second-order valence-corrected chi connectivity index (χ2v) is 3.11.